The van der Waals surface area contributed by atoms with Crippen LogP contribution in [0, 0.1) is 11.2 Å². The molecule has 42 heavy (non-hydrogen) atoms. The zero-order chi connectivity index (χ0) is 30.4. The summed E-state index contributed by atoms with van der Waals surface area (Å²) in [6, 6.07) is 13.1. The summed E-state index contributed by atoms with van der Waals surface area (Å²) >= 11 is 5.83. The van der Waals surface area contributed by atoms with Crippen molar-refractivity contribution in [2.75, 3.05) is 11.9 Å². The van der Waals surface area contributed by atoms with Crippen LogP contribution in [0.5, 0.6) is 0 Å². The molecule has 3 amide bonds. The number of amidine groups is 1. The van der Waals surface area contributed by atoms with E-state index in [4.69, 9.17) is 17.0 Å². The van der Waals surface area contributed by atoms with Crippen LogP contribution < -0.4 is 10.6 Å². The molecule has 0 spiro atoms. The van der Waals surface area contributed by atoms with Crippen LogP contribution in [0.3, 0.4) is 0 Å². The lowest BCUT2D eigenvalue weighted by Gasteiger charge is -2.26. The summed E-state index contributed by atoms with van der Waals surface area (Å²) in [7, 11) is 0. The summed E-state index contributed by atoms with van der Waals surface area (Å²) in [5, 5.41) is 27.3. The van der Waals surface area contributed by atoms with Gasteiger partial charge in [-0.25, -0.2) is 23.8 Å². The first-order valence-electron chi connectivity index (χ1n) is 12.0. The fourth-order valence-electron chi connectivity index (χ4n) is 3.56. The molecular weight excluding hydrogens is 584 g/mol. The molecule has 1 atom stereocenters. The number of nitrogens with one attached hydrogen (secondary N) is 3. The number of aliphatic hydroxyl groups excluding tert-OH is 1. The number of urea groups is 1. The molecule has 0 aliphatic heterocycles. The van der Waals surface area contributed by atoms with Gasteiger partial charge in [0.2, 0.25) is 0 Å². The number of benzene rings is 2. The summed E-state index contributed by atoms with van der Waals surface area (Å²) < 4.78 is 53.6. The number of aliphatic hydroxyl groups is 1. The minimum atomic E-state index is -5.04. The number of hydrogen-bond acceptors (Lipinski definition) is 7. The maximum absolute atomic E-state index is 13.1. The topological polar surface area (TPSA) is 149 Å². The van der Waals surface area contributed by atoms with Crippen molar-refractivity contribution in [3.8, 4) is 5.69 Å². The summed E-state index contributed by atoms with van der Waals surface area (Å²) in [5.74, 6) is -1.62. The molecule has 2 heterocycles. The van der Waals surface area contributed by atoms with E-state index in [2.05, 4.69) is 25.7 Å². The summed E-state index contributed by atoms with van der Waals surface area (Å²) in [6.07, 6.45) is -5.75. The molecular formula is C26H21ClF4N8O3. The Hall–Kier alpha value is -4.89. The highest BCUT2D eigenvalue weighted by Gasteiger charge is 2.41. The molecule has 4 N–H and O–H groups in total. The predicted octanol–water partition coefficient (Wildman–Crippen LogP) is 4.17. The van der Waals surface area contributed by atoms with Gasteiger partial charge in [0.25, 0.3) is 5.91 Å². The van der Waals surface area contributed by atoms with Crippen molar-refractivity contribution in [3.05, 3.63) is 101 Å². The third-order valence-electron chi connectivity index (χ3n) is 5.67. The minimum absolute atomic E-state index is 0.0214. The molecule has 0 bridgehead atoms. The number of pyridine rings is 1. The van der Waals surface area contributed by atoms with Crippen LogP contribution in [-0.2, 0) is 6.54 Å². The number of alkyl halides is 3. The molecule has 0 fully saturated rings. The van der Waals surface area contributed by atoms with E-state index in [0.29, 0.717) is 15.6 Å². The van der Waals surface area contributed by atoms with E-state index in [1.54, 1.807) is 18.2 Å². The first-order chi connectivity index (χ1) is 19.9. The Kier molecular flexibility index (Phi) is 9.12. The Morgan fingerprint density at radius 1 is 1.07 bits per heavy atom. The van der Waals surface area contributed by atoms with Crippen molar-refractivity contribution >= 4 is 35.2 Å². The normalized spacial score (nSPS) is 12.0. The molecule has 11 nitrogen and oxygen atoms in total. The van der Waals surface area contributed by atoms with Gasteiger partial charge in [0.05, 0.1) is 30.5 Å². The number of carbonyl (C=O) groups excluding carboxylic acids is 2. The van der Waals surface area contributed by atoms with E-state index >= 15 is 0 Å². The van der Waals surface area contributed by atoms with Gasteiger partial charge in [0, 0.05) is 10.6 Å². The average molecular weight is 605 g/mol. The van der Waals surface area contributed by atoms with E-state index in [-0.39, 0.29) is 29.3 Å². The van der Waals surface area contributed by atoms with E-state index in [0.717, 1.165) is 12.3 Å². The third-order valence-corrected chi connectivity index (χ3v) is 5.92. The van der Waals surface area contributed by atoms with Gasteiger partial charge in [-0.15, -0.1) is 5.10 Å². The van der Waals surface area contributed by atoms with Crippen molar-refractivity contribution in [2.45, 2.75) is 18.8 Å². The molecule has 218 valence electrons. The molecule has 16 heteroatoms. The lowest BCUT2D eigenvalue weighted by Crippen LogP contribution is -2.50. The number of para-hydroxylation sites is 1. The fraction of sp³-hybridized carbons (Fsp3) is 0.154. The lowest BCUT2D eigenvalue weighted by molar-refractivity contribution is -0.204. The Labute approximate surface area is 240 Å². The second-order valence-electron chi connectivity index (χ2n) is 8.62. The van der Waals surface area contributed by atoms with Crippen molar-refractivity contribution in [1.29, 1.82) is 5.41 Å². The van der Waals surface area contributed by atoms with Gasteiger partial charge in [-0.3, -0.25) is 15.1 Å². The zero-order valence-corrected chi connectivity index (χ0v) is 22.1. The van der Waals surface area contributed by atoms with Crippen molar-refractivity contribution in [1.82, 2.24) is 30.0 Å². The quantitative estimate of drug-likeness (QED) is 0.135. The highest BCUT2D eigenvalue weighted by atomic mass is 35.5. The molecule has 0 aliphatic rings. The fourth-order valence-corrected chi connectivity index (χ4v) is 3.69. The highest BCUT2D eigenvalue weighted by Crippen LogP contribution is 2.22. The number of amides is 3. The zero-order valence-electron chi connectivity index (χ0n) is 21.3. The minimum Gasteiger partial charge on any atom is -0.382 e. The lowest BCUT2D eigenvalue weighted by atomic mass is 10.1. The van der Waals surface area contributed by atoms with Crippen LogP contribution in [0.2, 0.25) is 5.02 Å². The summed E-state index contributed by atoms with van der Waals surface area (Å²) in [6.45, 7) is -1.61. The van der Waals surface area contributed by atoms with Crippen molar-refractivity contribution < 1.29 is 32.3 Å². The van der Waals surface area contributed by atoms with E-state index < -0.39 is 42.4 Å². The standard InChI is InChI=1S/C26H21ClF4N8O3/c27-16-7-5-15(6-8-16)23(32)38(13-20(40)26(29,30)31)25(42)34-12-22-35-14-39(37-22)19-4-2-1-3-18(19)24(41)36-21-10-9-17(28)11-33-21/h1-11,14,20,32,40H,12-13H2,(H,34,42)(H,33,36,41)/t20-/m0/s1. The van der Waals surface area contributed by atoms with Gasteiger partial charge in [0.15, 0.2) is 11.9 Å². The monoisotopic (exact) mass is 604 g/mol. The maximum Gasteiger partial charge on any atom is 0.416 e. The number of halogens is 5. The average Bonchev–Trinajstić information content (AvgIpc) is 3.44. The smallest absolute Gasteiger partial charge is 0.382 e. The molecule has 2 aromatic heterocycles. The third kappa shape index (κ3) is 7.44. The predicted molar refractivity (Wildman–Crippen MR) is 143 cm³/mol. The van der Waals surface area contributed by atoms with Gasteiger partial charge in [0.1, 0.15) is 23.8 Å². The van der Waals surface area contributed by atoms with E-state index in [1.807, 2.05) is 0 Å². The summed E-state index contributed by atoms with van der Waals surface area (Å²) in [4.78, 5) is 34.0. The Balaban J connectivity index is 1.48. The molecule has 4 rings (SSSR count). The van der Waals surface area contributed by atoms with Crippen LogP contribution in [-0.4, -0.2) is 66.4 Å². The molecule has 0 radical (unpaired) electrons. The number of rotatable bonds is 8. The Morgan fingerprint density at radius 3 is 2.45 bits per heavy atom. The molecule has 4 aromatic rings. The van der Waals surface area contributed by atoms with Crippen molar-refractivity contribution in [2.24, 2.45) is 0 Å². The van der Waals surface area contributed by atoms with Crippen LogP contribution in [0.25, 0.3) is 5.69 Å². The first kappa shape index (κ1) is 30.1. The Morgan fingerprint density at radius 2 is 1.79 bits per heavy atom. The van der Waals surface area contributed by atoms with Crippen molar-refractivity contribution in [3.63, 3.8) is 0 Å². The molecule has 0 aliphatic carbocycles. The van der Waals surface area contributed by atoms with Gasteiger partial charge in [-0.1, -0.05) is 23.7 Å². The number of carbonyl (C=O) groups is 2. The van der Waals surface area contributed by atoms with Gasteiger partial charge < -0.3 is 15.7 Å². The van der Waals surface area contributed by atoms with Crippen LogP contribution in [0.4, 0.5) is 28.2 Å². The number of anilines is 1. The number of nitrogens with zero attached hydrogens (tertiary/aromatic N) is 5. The molecule has 2 aromatic carbocycles. The number of hydrogen-bond donors (Lipinski definition) is 4. The van der Waals surface area contributed by atoms with E-state index in [9.17, 15) is 32.3 Å². The van der Waals surface area contributed by atoms with Gasteiger partial charge >= 0.3 is 12.2 Å². The Bertz CT molecular complexity index is 1580. The molecule has 0 unspecified atom stereocenters. The van der Waals surface area contributed by atoms with Crippen LogP contribution in [0.15, 0.2) is 73.2 Å². The van der Waals surface area contributed by atoms with Crippen LogP contribution in [0.1, 0.15) is 21.7 Å². The van der Waals surface area contributed by atoms with Crippen LogP contribution >= 0.6 is 11.6 Å². The largest absolute Gasteiger partial charge is 0.416 e. The molecule has 0 saturated carbocycles. The highest BCUT2D eigenvalue weighted by molar-refractivity contribution is 6.30. The second-order valence-corrected chi connectivity index (χ2v) is 9.06. The maximum atomic E-state index is 13.1. The number of aromatic nitrogens is 4. The van der Waals surface area contributed by atoms with Gasteiger partial charge in [-0.05, 0) is 48.5 Å². The molecule has 0 saturated heterocycles. The van der Waals surface area contributed by atoms with E-state index in [1.165, 1.54) is 47.4 Å². The van der Waals surface area contributed by atoms with Gasteiger partial charge in [-0.2, -0.15) is 13.2 Å². The first-order valence-corrected chi connectivity index (χ1v) is 12.4. The SMILES string of the molecule is N=C(c1ccc(Cl)cc1)N(C[C@H](O)C(F)(F)F)C(=O)NCc1ncn(-c2ccccc2C(=O)Nc2ccc(F)cn2)n1. The second kappa shape index (κ2) is 12.7. The summed E-state index contributed by atoms with van der Waals surface area (Å²) in [5.41, 5.74) is 0.534.